The van der Waals surface area contributed by atoms with Crippen LogP contribution in [-0.4, -0.2) is 33.9 Å². The van der Waals surface area contributed by atoms with Crippen molar-refractivity contribution in [2.75, 3.05) is 13.1 Å². The molecule has 1 fully saturated rings. The van der Waals surface area contributed by atoms with E-state index in [4.69, 9.17) is 16.3 Å². The molecular formula is C17H18ClN3O2. The van der Waals surface area contributed by atoms with Gasteiger partial charge in [-0.25, -0.2) is 4.98 Å². The molecule has 1 unspecified atom stereocenters. The van der Waals surface area contributed by atoms with Gasteiger partial charge in [0.25, 0.3) is 0 Å². The molecule has 2 aromatic rings. The fourth-order valence-electron chi connectivity index (χ4n) is 2.80. The van der Waals surface area contributed by atoms with E-state index in [0.717, 1.165) is 25.1 Å². The zero-order chi connectivity index (χ0) is 16.2. The Hall–Kier alpha value is -2.14. The molecule has 0 spiro atoms. The van der Waals surface area contributed by atoms with Crippen molar-refractivity contribution in [3.63, 3.8) is 0 Å². The second-order valence-electron chi connectivity index (χ2n) is 5.61. The number of benzene rings is 1. The highest BCUT2D eigenvalue weighted by molar-refractivity contribution is 6.30. The maximum absolute atomic E-state index is 11.6. The van der Waals surface area contributed by atoms with Crippen molar-refractivity contribution in [3.8, 4) is 11.6 Å². The lowest BCUT2D eigenvalue weighted by atomic mass is 9.94. The Labute approximate surface area is 140 Å². The molecule has 0 radical (unpaired) electrons. The van der Waals surface area contributed by atoms with Gasteiger partial charge in [-0.15, -0.1) is 0 Å². The molecular weight excluding hydrogens is 314 g/mol. The molecule has 0 N–H and O–H groups in total. The van der Waals surface area contributed by atoms with E-state index in [1.165, 1.54) is 0 Å². The molecule has 1 aliphatic rings. The summed E-state index contributed by atoms with van der Waals surface area (Å²) in [5.41, 5.74) is 0.799. The average Bonchev–Trinajstić information content (AvgIpc) is 2.57. The Morgan fingerprint density at radius 3 is 2.74 bits per heavy atom. The molecule has 0 saturated carbocycles. The number of ether oxygens (including phenoxy) is 1. The van der Waals surface area contributed by atoms with Crippen molar-refractivity contribution in [2.45, 2.75) is 25.7 Å². The van der Waals surface area contributed by atoms with Crippen LogP contribution in [0.15, 0.2) is 36.7 Å². The molecule has 1 aromatic heterocycles. The van der Waals surface area contributed by atoms with Gasteiger partial charge in [0, 0.05) is 43.3 Å². The Kier molecular flexibility index (Phi) is 4.76. The van der Waals surface area contributed by atoms with Gasteiger partial charge in [0.05, 0.1) is 0 Å². The molecule has 120 valence electrons. The molecule has 0 bridgehead atoms. The third-order valence-corrected chi connectivity index (χ3v) is 4.22. The molecule has 3 rings (SSSR count). The summed E-state index contributed by atoms with van der Waals surface area (Å²) < 4.78 is 5.88. The molecule has 1 atom stereocenters. The number of hydrogen-bond acceptors (Lipinski definition) is 4. The number of carbonyl (C=O) groups excluding carboxylic acids is 1. The fourth-order valence-corrected chi connectivity index (χ4v) is 2.92. The van der Waals surface area contributed by atoms with Gasteiger partial charge in [0.15, 0.2) is 0 Å². The predicted octanol–water partition coefficient (Wildman–Crippen LogP) is 3.65. The summed E-state index contributed by atoms with van der Waals surface area (Å²) in [6.45, 7) is 3.06. The highest BCUT2D eigenvalue weighted by Gasteiger charge is 2.27. The van der Waals surface area contributed by atoms with Crippen LogP contribution >= 0.6 is 11.6 Å². The molecule has 1 aromatic carbocycles. The van der Waals surface area contributed by atoms with Crippen molar-refractivity contribution in [3.05, 3.63) is 47.4 Å². The minimum Gasteiger partial charge on any atom is -0.437 e. The van der Waals surface area contributed by atoms with Crippen molar-refractivity contribution in [2.24, 2.45) is 0 Å². The van der Waals surface area contributed by atoms with E-state index in [2.05, 4.69) is 9.97 Å². The predicted molar refractivity (Wildman–Crippen MR) is 87.8 cm³/mol. The highest BCUT2D eigenvalue weighted by atomic mass is 35.5. The summed E-state index contributed by atoms with van der Waals surface area (Å²) in [4.78, 5) is 22.3. The van der Waals surface area contributed by atoms with Gasteiger partial charge in [-0.3, -0.25) is 9.78 Å². The summed E-state index contributed by atoms with van der Waals surface area (Å²) in [5, 5.41) is 0.654. The van der Waals surface area contributed by atoms with Crippen molar-refractivity contribution in [1.29, 1.82) is 0 Å². The topological polar surface area (TPSA) is 55.3 Å². The van der Waals surface area contributed by atoms with Crippen LogP contribution in [0.25, 0.3) is 0 Å². The molecule has 23 heavy (non-hydrogen) atoms. The molecule has 1 saturated heterocycles. The van der Waals surface area contributed by atoms with Gasteiger partial charge in [0.2, 0.25) is 11.8 Å². The van der Waals surface area contributed by atoms with Gasteiger partial charge in [-0.05, 0) is 37.1 Å². The number of amides is 1. The van der Waals surface area contributed by atoms with Crippen LogP contribution in [0.3, 0.4) is 0 Å². The van der Waals surface area contributed by atoms with E-state index < -0.39 is 0 Å². The average molecular weight is 332 g/mol. The quantitative estimate of drug-likeness (QED) is 0.861. The Balaban J connectivity index is 1.82. The van der Waals surface area contributed by atoms with E-state index >= 15 is 0 Å². The zero-order valence-corrected chi connectivity index (χ0v) is 13.7. The number of nitrogens with zero attached hydrogens (tertiary/aromatic N) is 3. The number of halogens is 1. The van der Waals surface area contributed by atoms with Gasteiger partial charge < -0.3 is 9.64 Å². The van der Waals surface area contributed by atoms with E-state index in [1.54, 1.807) is 43.6 Å². The number of hydrogen-bond donors (Lipinski definition) is 0. The minimum atomic E-state index is 0.0961. The van der Waals surface area contributed by atoms with Gasteiger partial charge in [-0.1, -0.05) is 11.6 Å². The van der Waals surface area contributed by atoms with Crippen molar-refractivity contribution >= 4 is 17.5 Å². The largest absolute Gasteiger partial charge is 0.437 e. The van der Waals surface area contributed by atoms with Crippen LogP contribution in [0.1, 0.15) is 31.4 Å². The Bertz CT molecular complexity index is 690. The van der Waals surface area contributed by atoms with Crippen LogP contribution < -0.4 is 4.74 Å². The summed E-state index contributed by atoms with van der Waals surface area (Å²) in [6, 6.07) is 7.13. The van der Waals surface area contributed by atoms with E-state index in [1.807, 2.05) is 4.90 Å². The van der Waals surface area contributed by atoms with Crippen LogP contribution in [0.5, 0.6) is 11.6 Å². The number of piperidine rings is 1. The number of rotatable bonds is 3. The summed E-state index contributed by atoms with van der Waals surface area (Å²) in [7, 11) is 0. The normalized spacial score (nSPS) is 17.8. The van der Waals surface area contributed by atoms with Crippen molar-refractivity contribution < 1.29 is 9.53 Å². The lowest BCUT2D eigenvalue weighted by Gasteiger charge is -2.32. The van der Waals surface area contributed by atoms with E-state index in [-0.39, 0.29) is 11.8 Å². The van der Waals surface area contributed by atoms with E-state index in [0.29, 0.717) is 23.2 Å². The van der Waals surface area contributed by atoms with Gasteiger partial charge in [0.1, 0.15) is 11.4 Å². The van der Waals surface area contributed by atoms with Gasteiger partial charge >= 0.3 is 0 Å². The van der Waals surface area contributed by atoms with Crippen LogP contribution in [0.4, 0.5) is 0 Å². The van der Waals surface area contributed by atoms with E-state index in [9.17, 15) is 4.79 Å². The number of likely N-dealkylation sites (tertiary alicyclic amines) is 1. The third kappa shape index (κ3) is 3.79. The Morgan fingerprint density at radius 1 is 1.26 bits per heavy atom. The number of aromatic nitrogens is 2. The maximum atomic E-state index is 11.6. The first-order valence-corrected chi connectivity index (χ1v) is 8.01. The summed E-state index contributed by atoms with van der Waals surface area (Å²) in [6.07, 6.45) is 5.21. The standard InChI is InChI=1S/C17H18ClN3O2/c1-12(22)21-10-2-3-13(11-21)16-17(20-9-8-19-16)23-15-6-4-14(18)5-7-15/h4-9,13H,2-3,10-11H2,1H3. The zero-order valence-electron chi connectivity index (χ0n) is 12.9. The van der Waals surface area contributed by atoms with Crippen LogP contribution in [0.2, 0.25) is 5.02 Å². The summed E-state index contributed by atoms with van der Waals surface area (Å²) >= 11 is 5.89. The Morgan fingerprint density at radius 2 is 2.00 bits per heavy atom. The number of carbonyl (C=O) groups is 1. The van der Waals surface area contributed by atoms with Gasteiger partial charge in [-0.2, -0.15) is 0 Å². The third-order valence-electron chi connectivity index (χ3n) is 3.97. The second kappa shape index (κ2) is 6.96. The maximum Gasteiger partial charge on any atom is 0.241 e. The lowest BCUT2D eigenvalue weighted by Crippen LogP contribution is -2.38. The van der Waals surface area contributed by atoms with Crippen LogP contribution in [0, 0.1) is 0 Å². The van der Waals surface area contributed by atoms with Crippen molar-refractivity contribution in [1.82, 2.24) is 14.9 Å². The molecule has 5 nitrogen and oxygen atoms in total. The smallest absolute Gasteiger partial charge is 0.241 e. The SMILES string of the molecule is CC(=O)N1CCCC(c2nccnc2Oc2ccc(Cl)cc2)C1. The first kappa shape index (κ1) is 15.7. The summed E-state index contributed by atoms with van der Waals surface area (Å²) in [5.74, 6) is 1.39. The monoisotopic (exact) mass is 331 g/mol. The first-order chi connectivity index (χ1) is 11.1. The molecule has 2 heterocycles. The first-order valence-electron chi connectivity index (χ1n) is 7.63. The molecule has 1 aliphatic heterocycles. The molecule has 0 aliphatic carbocycles. The molecule has 1 amide bonds. The van der Waals surface area contributed by atoms with Crippen LogP contribution in [-0.2, 0) is 4.79 Å². The second-order valence-corrected chi connectivity index (χ2v) is 6.04. The highest BCUT2D eigenvalue weighted by Crippen LogP contribution is 2.32. The molecule has 6 heteroatoms. The minimum absolute atomic E-state index is 0.0961. The lowest BCUT2D eigenvalue weighted by molar-refractivity contribution is -0.130. The fraction of sp³-hybridized carbons (Fsp3) is 0.353.